The average molecular weight is 674 g/mol. The number of H-pyrrole nitrogens is 1. The second-order valence-electron chi connectivity index (χ2n) is 12.1. The van der Waals surface area contributed by atoms with Gasteiger partial charge < -0.3 is 19.8 Å². The van der Waals surface area contributed by atoms with Gasteiger partial charge in [-0.05, 0) is 90.4 Å². The van der Waals surface area contributed by atoms with Crippen LogP contribution < -0.4 is 24.6 Å². The summed E-state index contributed by atoms with van der Waals surface area (Å²) in [4.78, 5) is 58.3. The number of imide groups is 1. The van der Waals surface area contributed by atoms with Crippen LogP contribution in [0.5, 0.6) is 11.5 Å². The topological polar surface area (TPSA) is 118 Å². The van der Waals surface area contributed by atoms with E-state index >= 15 is 0 Å². The number of thiazole rings is 1. The summed E-state index contributed by atoms with van der Waals surface area (Å²) in [5, 5.41) is 4.28. The molecule has 12 heteroatoms. The third-order valence-electron chi connectivity index (χ3n) is 9.77. The Morgan fingerprint density at radius 1 is 0.978 bits per heavy atom. The first-order valence-electron chi connectivity index (χ1n) is 15.0. The van der Waals surface area contributed by atoms with Crippen molar-refractivity contribution in [2.24, 2.45) is 29.6 Å². The third-order valence-corrected chi connectivity index (χ3v) is 12.6. The predicted molar refractivity (Wildman–Crippen MR) is 176 cm³/mol. The SMILES string of the molecule is COc1ccc(N2C(=O)C3C4CC(C3C2=O)C2C4Sc3[nH]c(=O)sc3[C@@H]2c2cccc(OCC(=O)Nc3ccc(Cl)cc3)c2)cc1. The number of aromatic nitrogens is 1. The van der Waals surface area contributed by atoms with Crippen LogP contribution in [0.3, 0.4) is 0 Å². The number of hydrogen-bond donors (Lipinski definition) is 2. The van der Waals surface area contributed by atoms with Crippen LogP contribution in [0.1, 0.15) is 22.8 Å². The number of aromatic amines is 1. The molecule has 3 heterocycles. The molecule has 4 aliphatic rings. The number of rotatable bonds is 7. The standard InChI is InChI=1S/C34H28ClN3O6S2/c1-43-20-11-9-19(10-12-20)38-32(40)27-22-14-23(28(27)33(38)41)29-26(22)25(30-31(45-29)37-34(42)46-30)16-3-2-4-21(13-16)44-15-24(39)36-18-7-5-17(35)6-8-18/h2-13,22-23,25-29H,14-15H2,1H3,(H,36,39)(H,37,42)/t22?,23?,25-,26?,27?,28?,29?/m1/s1. The number of carbonyl (C=O) groups is 3. The van der Waals surface area contributed by atoms with Gasteiger partial charge in [0.1, 0.15) is 11.5 Å². The van der Waals surface area contributed by atoms with Gasteiger partial charge in [-0.3, -0.25) is 24.1 Å². The zero-order valence-electron chi connectivity index (χ0n) is 24.5. The van der Waals surface area contributed by atoms with E-state index in [4.69, 9.17) is 21.1 Å². The molecule has 234 valence electrons. The number of anilines is 2. The molecule has 0 radical (unpaired) electrons. The Morgan fingerprint density at radius 2 is 1.72 bits per heavy atom. The first-order valence-corrected chi connectivity index (χ1v) is 17.1. The molecule has 2 bridgehead atoms. The summed E-state index contributed by atoms with van der Waals surface area (Å²) in [6.07, 6.45) is 0.794. The number of fused-ring (bicyclic) bond motifs is 9. The van der Waals surface area contributed by atoms with Gasteiger partial charge in [-0.2, -0.15) is 0 Å². The molecule has 1 aromatic heterocycles. The monoisotopic (exact) mass is 673 g/mol. The summed E-state index contributed by atoms with van der Waals surface area (Å²) < 4.78 is 11.2. The molecule has 6 unspecified atom stereocenters. The second kappa shape index (κ2) is 11.3. The van der Waals surface area contributed by atoms with Crippen molar-refractivity contribution < 1.29 is 23.9 Å². The first kappa shape index (κ1) is 29.3. The molecule has 3 aromatic carbocycles. The average Bonchev–Trinajstić information content (AvgIpc) is 3.80. The number of nitrogens with zero attached hydrogens (tertiary/aromatic N) is 1. The number of carbonyl (C=O) groups excluding carboxylic acids is 3. The van der Waals surface area contributed by atoms with E-state index in [1.165, 1.54) is 16.2 Å². The Bertz CT molecular complexity index is 1930. The molecule has 7 atom stereocenters. The van der Waals surface area contributed by atoms with Crippen LogP contribution in [0.15, 0.2) is 82.6 Å². The van der Waals surface area contributed by atoms with Crippen molar-refractivity contribution in [2.75, 3.05) is 23.9 Å². The van der Waals surface area contributed by atoms with Crippen LogP contribution in [0.25, 0.3) is 0 Å². The highest BCUT2D eigenvalue weighted by Gasteiger charge is 2.69. The summed E-state index contributed by atoms with van der Waals surface area (Å²) in [6, 6.07) is 21.5. The van der Waals surface area contributed by atoms with Crippen LogP contribution in [-0.4, -0.2) is 41.7 Å². The molecule has 2 saturated carbocycles. The van der Waals surface area contributed by atoms with Crippen LogP contribution in [0.2, 0.25) is 5.02 Å². The quantitative estimate of drug-likeness (QED) is 0.238. The van der Waals surface area contributed by atoms with E-state index in [2.05, 4.69) is 10.3 Å². The summed E-state index contributed by atoms with van der Waals surface area (Å²) in [5.41, 5.74) is 2.13. The highest BCUT2D eigenvalue weighted by Crippen LogP contribution is 2.68. The van der Waals surface area contributed by atoms with Crippen molar-refractivity contribution in [1.29, 1.82) is 0 Å². The van der Waals surface area contributed by atoms with Crippen LogP contribution in [0, 0.1) is 29.6 Å². The van der Waals surface area contributed by atoms with Gasteiger partial charge in [-0.25, -0.2) is 0 Å². The maximum Gasteiger partial charge on any atom is 0.305 e. The van der Waals surface area contributed by atoms with Gasteiger partial charge in [0.05, 0.1) is 29.7 Å². The summed E-state index contributed by atoms with van der Waals surface area (Å²) in [5.74, 6) is -0.311. The van der Waals surface area contributed by atoms with Crippen molar-refractivity contribution in [3.8, 4) is 11.5 Å². The van der Waals surface area contributed by atoms with Crippen LogP contribution in [-0.2, 0) is 14.4 Å². The Balaban J connectivity index is 1.08. The molecule has 2 N–H and O–H groups in total. The fraction of sp³-hybridized carbons (Fsp3) is 0.294. The van der Waals surface area contributed by atoms with Crippen LogP contribution in [0.4, 0.5) is 11.4 Å². The van der Waals surface area contributed by atoms with Gasteiger partial charge in [0.2, 0.25) is 11.8 Å². The van der Waals surface area contributed by atoms with E-state index in [1.54, 1.807) is 73.5 Å². The smallest absolute Gasteiger partial charge is 0.305 e. The van der Waals surface area contributed by atoms with Crippen molar-refractivity contribution in [2.45, 2.75) is 22.6 Å². The number of halogens is 1. The lowest BCUT2D eigenvalue weighted by Crippen LogP contribution is -2.42. The minimum atomic E-state index is -0.405. The van der Waals surface area contributed by atoms with Gasteiger partial charge in [-0.15, -0.1) is 11.8 Å². The van der Waals surface area contributed by atoms with Gasteiger partial charge in [0.15, 0.2) is 6.61 Å². The lowest BCUT2D eigenvalue weighted by molar-refractivity contribution is -0.123. The molecular weight excluding hydrogens is 646 g/mol. The van der Waals surface area contributed by atoms with Gasteiger partial charge in [0.25, 0.3) is 5.91 Å². The third kappa shape index (κ3) is 4.75. The van der Waals surface area contributed by atoms with E-state index in [-0.39, 0.29) is 64.0 Å². The van der Waals surface area contributed by atoms with E-state index < -0.39 is 5.92 Å². The molecule has 2 aliphatic carbocycles. The highest BCUT2D eigenvalue weighted by atomic mass is 35.5. The van der Waals surface area contributed by atoms with Crippen molar-refractivity contribution >= 4 is 63.8 Å². The van der Waals surface area contributed by atoms with Crippen molar-refractivity contribution in [3.63, 3.8) is 0 Å². The minimum Gasteiger partial charge on any atom is -0.497 e. The van der Waals surface area contributed by atoms with E-state index in [0.717, 1.165) is 21.9 Å². The number of amides is 3. The first-order chi connectivity index (χ1) is 22.3. The lowest BCUT2D eigenvalue weighted by Gasteiger charge is -2.43. The maximum absolute atomic E-state index is 14.0. The predicted octanol–water partition coefficient (Wildman–Crippen LogP) is 5.79. The molecule has 3 amide bonds. The van der Waals surface area contributed by atoms with Gasteiger partial charge in [-0.1, -0.05) is 35.1 Å². The summed E-state index contributed by atoms with van der Waals surface area (Å²) >= 11 is 8.79. The fourth-order valence-corrected chi connectivity index (χ4v) is 11.1. The molecule has 4 aromatic rings. The molecule has 8 rings (SSSR count). The Morgan fingerprint density at radius 3 is 2.46 bits per heavy atom. The summed E-state index contributed by atoms with van der Waals surface area (Å²) in [7, 11) is 1.58. The number of methoxy groups -OCH3 is 1. The number of thioether (sulfide) groups is 1. The van der Waals surface area contributed by atoms with E-state index in [1.807, 2.05) is 18.2 Å². The molecular formula is C34H28ClN3O6S2. The molecule has 2 aliphatic heterocycles. The van der Waals surface area contributed by atoms with E-state index in [0.29, 0.717) is 27.9 Å². The lowest BCUT2D eigenvalue weighted by atomic mass is 9.68. The zero-order valence-corrected chi connectivity index (χ0v) is 26.9. The maximum atomic E-state index is 14.0. The Kier molecular flexibility index (Phi) is 7.23. The van der Waals surface area contributed by atoms with Crippen molar-refractivity contribution in [1.82, 2.24) is 4.98 Å². The molecule has 9 nitrogen and oxygen atoms in total. The number of benzene rings is 3. The largest absolute Gasteiger partial charge is 0.497 e. The van der Waals surface area contributed by atoms with Gasteiger partial charge >= 0.3 is 4.87 Å². The normalized spacial score (nSPS) is 27.3. The van der Waals surface area contributed by atoms with Crippen LogP contribution >= 0.6 is 34.7 Å². The number of hydrogen-bond acceptors (Lipinski definition) is 8. The second-order valence-corrected chi connectivity index (χ2v) is 14.7. The molecule has 1 saturated heterocycles. The molecule has 46 heavy (non-hydrogen) atoms. The van der Waals surface area contributed by atoms with Crippen molar-refractivity contribution in [3.05, 3.63) is 97.9 Å². The highest BCUT2D eigenvalue weighted by molar-refractivity contribution is 8.00. The minimum absolute atomic E-state index is 0.0137. The number of ether oxygens (including phenoxy) is 2. The molecule has 0 spiro atoms. The molecule has 3 fully saturated rings. The Labute approximate surface area is 277 Å². The van der Waals surface area contributed by atoms with E-state index in [9.17, 15) is 19.2 Å². The Hall–Kier alpha value is -4.06. The summed E-state index contributed by atoms with van der Waals surface area (Å²) in [6.45, 7) is -0.187. The number of nitrogens with one attached hydrogen (secondary N) is 2. The fourth-order valence-electron chi connectivity index (χ4n) is 8.05. The zero-order chi connectivity index (χ0) is 31.7. The van der Waals surface area contributed by atoms with Gasteiger partial charge in [0, 0.05) is 26.8 Å².